The molecule has 0 aromatic carbocycles. The lowest BCUT2D eigenvalue weighted by molar-refractivity contribution is -0.131. The van der Waals surface area contributed by atoms with E-state index in [0.717, 1.165) is 19.5 Å². The molecular weight excluding hydrogens is 164 g/mol. The fourth-order valence-corrected chi connectivity index (χ4v) is 1.25. The van der Waals surface area contributed by atoms with Gasteiger partial charge in [-0.05, 0) is 26.8 Å². The Labute approximate surface area is 81.5 Å². The van der Waals surface area contributed by atoms with Gasteiger partial charge in [0.1, 0.15) is 0 Å². The van der Waals surface area contributed by atoms with Gasteiger partial charge in [0, 0.05) is 12.6 Å². The van der Waals surface area contributed by atoms with Gasteiger partial charge in [0.2, 0.25) is 5.91 Å². The summed E-state index contributed by atoms with van der Waals surface area (Å²) in [4.78, 5) is 13.5. The average Bonchev–Trinajstić information content (AvgIpc) is 2.09. The molecule has 3 heteroatoms. The standard InChI is InChI=1S/C10H22N2O/c1-5-7-12(9(3)4)10(13)8-11-6-2/h9,11H,5-8H2,1-4H3. The molecule has 0 spiro atoms. The second-order valence-electron chi connectivity index (χ2n) is 3.46. The van der Waals surface area contributed by atoms with E-state index in [1.54, 1.807) is 0 Å². The second kappa shape index (κ2) is 6.89. The van der Waals surface area contributed by atoms with E-state index in [2.05, 4.69) is 26.1 Å². The summed E-state index contributed by atoms with van der Waals surface area (Å²) in [5, 5.41) is 3.05. The normalized spacial score (nSPS) is 10.5. The molecule has 13 heavy (non-hydrogen) atoms. The lowest BCUT2D eigenvalue weighted by atomic mass is 10.3. The number of nitrogens with one attached hydrogen (secondary N) is 1. The predicted octanol–water partition coefficient (Wildman–Crippen LogP) is 1.24. The third-order valence-corrected chi connectivity index (χ3v) is 1.93. The van der Waals surface area contributed by atoms with Crippen molar-refractivity contribution >= 4 is 5.91 Å². The highest BCUT2D eigenvalue weighted by Crippen LogP contribution is 1.99. The van der Waals surface area contributed by atoms with E-state index in [1.807, 2.05) is 11.8 Å². The highest BCUT2D eigenvalue weighted by Gasteiger charge is 2.14. The number of amides is 1. The molecule has 0 saturated heterocycles. The Morgan fingerprint density at radius 1 is 1.38 bits per heavy atom. The van der Waals surface area contributed by atoms with Crippen LogP contribution in [0.1, 0.15) is 34.1 Å². The zero-order chi connectivity index (χ0) is 10.3. The highest BCUT2D eigenvalue weighted by molar-refractivity contribution is 5.78. The lowest BCUT2D eigenvalue weighted by Crippen LogP contribution is -2.42. The topological polar surface area (TPSA) is 32.3 Å². The first-order valence-corrected chi connectivity index (χ1v) is 5.13. The van der Waals surface area contributed by atoms with Gasteiger partial charge in [0.25, 0.3) is 0 Å². The first-order chi connectivity index (χ1) is 6.13. The van der Waals surface area contributed by atoms with Crippen LogP contribution in [0.15, 0.2) is 0 Å². The van der Waals surface area contributed by atoms with Gasteiger partial charge in [-0.2, -0.15) is 0 Å². The Balaban J connectivity index is 3.96. The number of rotatable bonds is 6. The fourth-order valence-electron chi connectivity index (χ4n) is 1.25. The third-order valence-electron chi connectivity index (χ3n) is 1.93. The van der Waals surface area contributed by atoms with Crippen LogP contribution in [0.5, 0.6) is 0 Å². The molecule has 0 aromatic rings. The van der Waals surface area contributed by atoms with Crippen LogP contribution in [0.25, 0.3) is 0 Å². The Hall–Kier alpha value is -0.570. The van der Waals surface area contributed by atoms with Crippen LogP contribution in [-0.2, 0) is 4.79 Å². The summed E-state index contributed by atoms with van der Waals surface area (Å²) in [7, 11) is 0. The van der Waals surface area contributed by atoms with Crippen molar-refractivity contribution in [2.45, 2.75) is 40.2 Å². The van der Waals surface area contributed by atoms with Crippen LogP contribution in [0.4, 0.5) is 0 Å². The minimum atomic E-state index is 0.207. The van der Waals surface area contributed by atoms with E-state index < -0.39 is 0 Å². The van der Waals surface area contributed by atoms with E-state index >= 15 is 0 Å². The molecule has 78 valence electrons. The van der Waals surface area contributed by atoms with E-state index in [1.165, 1.54) is 0 Å². The number of hydrogen-bond acceptors (Lipinski definition) is 2. The molecule has 1 amide bonds. The van der Waals surface area contributed by atoms with E-state index in [0.29, 0.717) is 12.6 Å². The van der Waals surface area contributed by atoms with Crippen LogP contribution in [0.2, 0.25) is 0 Å². The Bertz CT molecular complexity index is 146. The van der Waals surface area contributed by atoms with E-state index in [9.17, 15) is 4.79 Å². The summed E-state index contributed by atoms with van der Waals surface area (Å²) in [5.41, 5.74) is 0. The van der Waals surface area contributed by atoms with Gasteiger partial charge in [-0.3, -0.25) is 4.79 Å². The van der Waals surface area contributed by atoms with Crippen LogP contribution in [0.3, 0.4) is 0 Å². The molecular formula is C10H22N2O. The Morgan fingerprint density at radius 3 is 2.38 bits per heavy atom. The molecule has 0 atom stereocenters. The van der Waals surface area contributed by atoms with Crippen LogP contribution < -0.4 is 5.32 Å². The number of carbonyl (C=O) groups is 1. The van der Waals surface area contributed by atoms with Gasteiger partial charge < -0.3 is 10.2 Å². The van der Waals surface area contributed by atoms with E-state index in [4.69, 9.17) is 0 Å². The molecule has 0 unspecified atom stereocenters. The molecule has 0 bridgehead atoms. The minimum Gasteiger partial charge on any atom is -0.339 e. The first kappa shape index (κ1) is 12.4. The van der Waals surface area contributed by atoms with Gasteiger partial charge in [-0.15, -0.1) is 0 Å². The van der Waals surface area contributed by atoms with Crippen molar-refractivity contribution < 1.29 is 4.79 Å². The maximum absolute atomic E-state index is 11.6. The average molecular weight is 186 g/mol. The third kappa shape index (κ3) is 4.88. The van der Waals surface area contributed by atoms with Crippen LogP contribution in [0, 0.1) is 0 Å². The monoisotopic (exact) mass is 186 g/mol. The number of hydrogen-bond donors (Lipinski definition) is 1. The summed E-state index contributed by atoms with van der Waals surface area (Å²) >= 11 is 0. The van der Waals surface area contributed by atoms with Crippen molar-refractivity contribution in [2.75, 3.05) is 19.6 Å². The highest BCUT2D eigenvalue weighted by atomic mass is 16.2. The maximum atomic E-state index is 11.6. The number of carbonyl (C=O) groups excluding carboxylic acids is 1. The smallest absolute Gasteiger partial charge is 0.236 e. The van der Waals surface area contributed by atoms with Crippen molar-refractivity contribution in [1.82, 2.24) is 10.2 Å². The Morgan fingerprint density at radius 2 is 2.00 bits per heavy atom. The van der Waals surface area contributed by atoms with Gasteiger partial charge in [0.05, 0.1) is 6.54 Å². The zero-order valence-corrected chi connectivity index (χ0v) is 9.26. The van der Waals surface area contributed by atoms with Crippen molar-refractivity contribution in [3.05, 3.63) is 0 Å². The summed E-state index contributed by atoms with van der Waals surface area (Å²) in [6, 6.07) is 0.311. The van der Waals surface area contributed by atoms with Crippen molar-refractivity contribution in [2.24, 2.45) is 0 Å². The van der Waals surface area contributed by atoms with Gasteiger partial charge >= 0.3 is 0 Å². The molecule has 0 radical (unpaired) electrons. The lowest BCUT2D eigenvalue weighted by Gasteiger charge is -2.26. The summed E-state index contributed by atoms with van der Waals surface area (Å²) in [6.07, 6.45) is 1.02. The van der Waals surface area contributed by atoms with Crippen molar-refractivity contribution in [1.29, 1.82) is 0 Å². The molecule has 0 aliphatic carbocycles. The summed E-state index contributed by atoms with van der Waals surface area (Å²) < 4.78 is 0. The molecule has 0 aliphatic rings. The summed E-state index contributed by atoms with van der Waals surface area (Å²) in [5.74, 6) is 0.207. The SMILES string of the molecule is CCCN(C(=O)CNCC)C(C)C. The number of likely N-dealkylation sites (N-methyl/N-ethyl adjacent to an activating group) is 1. The van der Waals surface area contributed by atoms with Crippen LogP contribution >= 0.6 is 0 Å². The largest absolute Gasteiger partial charge is 0.339 e. The molecule has 0 aliphatic heterocycles. The maximum Gasteiger partial charge on any atom is 0.236 e. The molecule has 0 rings (SSSR count). The molecule has 0 aromatic heterocycles. The molecule has 0 heterocycles. The van der Waals surface area contributed by atoms with Crippen molar-refractivity contribution in [3.63, 3.8) is 0 Å². The first-order valence-electron chi connectivity index (χ1n) is 5.13. The second-order valence-corrected chi connectivity index (χ2v) is 3.46. The molecule has 3 nitrogen and oxygen atoms in total. The molecule has 0 saturated carbocycles. The molecule has 1 N–H and O–H groups in total. The number of nitrogens with zero attached hydrogens (tertiary/aromatic N) is 1. The van der Waals surface area contributed by atoms with Crippen molar-refractivity contribution in [3.8, 4) is 0 Å². The summed E-state index contributed by atoms with van der Waals surface area (Å²) in [6.45, 7) is 10.4. The minimum absolute atomic E-state index is 0.207. The predicted molar refractivity (Wildman–Crippen MR) is 55.7 cm³/mol. The molecule has 0 fully saturated rings. The van der Waals surface area contributed by atoms with Gasteiger partial charge in [-0.25, -0.2) is 0 Å². The van der Waals surface area contributed by atoms with Crippen LogP contribution in [-0.4, -0.2) is 36.5 Å². The van der Waals surface area contributed by atoms with Gasteiger partial charge in [-0.1, -0.05) is 13.8 Å². The Kier molecular flexibility index (Phi) is 6.59. The van der Waals surface area contributed by atoms with E-state index in [-0.39, 0.29) is 5.91 Å². The quantitative estimate of drug-likeness (QED) is 0.677. The zero-order valence-electron chi connectivity index (χ0n) is 9.26. The fraction of sp³-hybridized carbons (Fsp3) is 0.900. The van der Waals surface area contributed by atoms with Gasteiger partial charge in [0.15, 0.2) is 0 Å².